The van der Waals surface area contributed by atoms with Crippen molar-refractivity contribution in [2.75, 3.05) is 25.6 Å². The molecule has 1 aliphatic heterocycles. The summed E-state index contributed by atoms with van der Waals surface area (Å²) in [4.78, 5) is 4.42. The number of hydrogen-bond acceptors (Lipinski definition) is 4. The molecule has 1 unspecified atom stereocenters. The van der Waals surface area contributed by atoms with Crippen molar-refractivity contribution in [3.8, 4) is 11.5 Å². The zero-order valence-electron chi connectivity index (χ0n) is 15.5. The van der Waals surface area contributed by atoms with E-state index in [0.717, 1.165) is 35.6 Å². The van der Waals surface area contributed by atoms with E-state index in [-0.39, 0.29) is 6.10 Å². The molecule has 6 nitrogen and oxygen atoms in total. The summed E-state index contributed by atoms with van der Waals surface area (Å²) in [6.07, 6.45) is 0.991. The van der Waals surface area contributed by atoms with Crippen LogP contribution >= 0.6 is 11.6 Å². The van der Waals surface area contributed by atoms with Gasteiger partial charge in [0.25, 0.3) is 0 Å². The number of aliphatic imine (C=N–C) groups is 1. The van der Waals surface area contributed by atoms with Gasteiger partial charge in [0.2, 0.25) is 0 Å². The van der Waals surface area contributed by atoms with E-state index >= 15 is 0 Å². The van der Waals surface area contributed by atoms with Crippen LogP contribution in [0.15, 0.2) is 41.4 Å². The van der Waals surface area contributed by atoms with Gasteiger partial charge in [0.05, 0.1) is 31.9 Å². The molecular formula is C20H24ClN3O3. The van der Waals surface area contributed by atoms with Crippen molar-refractivity contribution in [2.45, 2.75) is 26.0 Å². The van der Waals surface area contributed by atoms with E-state index in [9.17, 15) is 0 Å². The number of aryl methyl sites for hydroxylation is 1. The monoisotopic (exact) mass is 389 g/mol. The van der Waals surface area contributed by atoms with Crippen LogP contribution in [0.1, 0.15) is 17.5 Å². The fourth-order valence-corrected chi connectivity index (χ4v) is 3.05. The summed E-state index contributed by atoms with van der Waals surface area (Å²) >= 11 is 6.13. The largest absolute Gasteiger partial charge is 0.495 e. The Hall–Kier alpha value is -2.44. The third kappa shape index (κ3) is 5.28. The summed E-state index contributed by atoms with van der Waals surface area (Å²) < 4.78 is 16.6. The predicted molar refractivity (Wildman–Crippen MR) is 108 cm³/mol. The van der Waals surface area contributed by atoms with Gasteiger partial charge in [0, 0.05) is 17.7 Å². The minimum absolute atomic E-state index is 0.0893. The lowest BCUT2D eigenvalue weighted by Crippen LogP contribution is -2.22. The molecule has 0 bridgehead atoms. The Balaban J connectivity index is 1.68. The van der Waals surface area contributed by atoms with Gasteiger partial charge in [-0.2, -0.15) is 0 Å². The molecule has 1 aliphatic rings. The summed E-state index contributed by atoms with van der Waals surface area (Å²) in [5.41, 5.74) is 8.87. The minimum Gasteiger partial charge on any atom is -0.495 e. The Kier molecular flexibility index (Phi) is 6.42. The van der Waals surface area contributed by atoms with Crippen molar-refractivity contribution >= 4 is 23.2 Å². The molecule has 0 aromatic heterocycles. The molecule has 3 rings (SSSR count). The van der Waals surface area contributed by atoms with Gasteiger partial charge in [-0.25, -0.2) is 4.99 Å². The van der Waals surface area contributed by atoms with Crippen molar-refractivity contribution in [3.05, 3.63) is 52.5 Å². The zero-order chi connectivity index (χ0) is 19.2. The van der Waals surface area contributed by atoms with Crippen molar-refractivity contribution in [1.82, 2.24) is 0 Å². The molecule has 7 heteroatoms. The molecule has 0 amide bonds. The van der Waals surface area contributed by atoms with E-state index in [1.54, 1.807) is 19.2 Å². The number of hydrogen-bond donors (Lipinski definition) is 2. The van der Waals surface area contributed by atoms with Gasteiger partial charge in [-0.05, 0) is 36.8 Å². The lowest BCUT2D eigenvalue weighted by molar-refractivity contribution is 0.140. The highest BCUT2D eigenvalue weighted by atomic mass is 35.5. The van der Waals surface area contributed by atoms with Crippen LogP contribution in [0.25, 0.3) is 0 Å². The van der Waals surface area contributed by atoms with E-state index < -0.39 is 0 Å². The zero-order valence-corrected chi connectivity index (χ0v) is 16.3. The second kappa shape index (κ2) is 8.97. The number of methoxy groups -OCH3 is 1. The Bertz CT molecular complexity index is 820. The molecule has 0 spiro atoms. The Morgan fingerprint density at radius 3 is 2.85 bits per heavy atom. The first-order valence-corrected chi connectivity index (χ1v) is 9.17. The first-order valence-electron chi connectivity index (χ1n) is 8.79. The summed E-state index contributed by atoms with van der Waals surface area (Å²) in [6, 6.07) is 11.4. The first-order chi connectivity index (χ1) is 13.0. The molecule has 1 saturated heterocycles. The van der Waals surface area contributed by atoms with Gasteiger partial charge >= 0.3 is 0 Å². The van der Waals surface area contributed by atoms with E-state index in [0.29, 0.717) is 29.9 Å². The molecule has 2 aromatic rings. The normalized spacial score (nSPS) is 17.0. The topological polar surface area (TPSA) is 78.1 Å². The van der Waals surface area contributed by atoms with Gasteiger partial charge in [-0.15, -0.1) is 0 Å². The summed E-state index contributed by atoms with van der Waals surface area (Å²) in [6.45, 7) is 3.81. The van der Waals surface area contributed by atoms with Gasteiger partial charge in [0.1, 0.15) is 17.6 Å². The second-order valence-electron chi connectivity index (χ2n) is 6.39. The lowest BCUT2D eigenvalue weighted by Gasteiger charge is -2.16. The molecule has 0 aliphatic carbocycles. The van der Waals surface area contributed by atoms with Crippen molar-refractivity contribution in [1.29, 1.82) is 0 Å². The Morgan fingerprint density at radius 2 is 2.15 bits per heavy atom. The lowest BCUT2D eigenvalue weighted by atomic mass is 10.1. The maximum atomic E-state index is 6.13. The van der Waals surface area contributed by atoms with Crippen LogP contribution in [-0.4, -0.2) is 32.4 Å². The van der Waals surface area contributed by atoms with Crippen LogP contribution in [-0.2, 0) is 11.3 Å². The number of benzene rings is 2. The molecule has 2 aromatic carbocycles. The quantitative estimate of drug-likeness (QED) is 0.581. The molecule has 144 valence electrons. The molecule has 1 fully saturated rings. The minimum atomic E-state index is 0.0893. The molecule has 1 heterocycles. The number of guanidine groups is 1. The Morgan fingerprint density at radius 1 is 1.30 bits per heavy atom. The number of halogens is 1. The maximum Gasteiger partial charge on any atom is 0.193 e. The van der Waals surface area contributed by atoms with Crippen LogP contribution in [0, 0.1) is 6.92 Å². The van der Waals surface area contributed by atoms with Gasteiger partial charge < -0.3 is 25.3 Å². The SMILES string of the molecule is COc1ccc(NC(N)=NCc2ccc(C)cc2OC2CCOC2)cc1Cl. The summed E-state index contributed by atoms with van der Waals surface area (Å²) in [7, 11) is 1.57. The number of rotatable bonds is 6. The highest BCUT2D eigenvalue weighted by Gasteiger charge is 2.18. The van der Waals surface area contributed by atoms with E-state index in [4.69, 9.17) is 31.5 Å². The van der Waals surface area contributed by atoms with Gasteiger partial charge in [-0.1, -0.05) is 23.7 Å². The fraction of sp³-hybridized carbons (Fsp3) is 0.350. The number of nitrogens with one attached hydrogen (secondary N) is 1. The van der Waals surface area contributed by atoms with Crippen LogP contribution in [0.2, 0.25) is 5.02 Å². The highest BCUT2D eigenvalue weighted by molar-refractivity contribution is 6.32. The third-order valence-corrected chi connectivity index (χ3v) is 4.54. The summed E-state index contributed by atoms with van der Waals surface area (Å²) in [5.74, 6) is 1.73. The smallest absolute Gasteiger partial charge is 0.193 e. The molecule has 27 heavy (non-hydrogen) atoms. The molecular weight excluding hydrogens is 366 g/mol. The number of ether oxygens (including phenoxy) is 3. The number of anilines is 1. The fourth-order valence-electron chi connectivity index (χ4n) is 2.79. The number of nitrogens with zero attached hydrogens (tertiary/aromatic N) is 1. The van der Waals surface area contributed by atoms with Crippen LogP contribution in [0.5, 0.6) is 11.5 Å². The number of nitrogens with two attached hydrogens (primary N) is 1. The average Bonchev–Trinajstić information content (AvgIpc) is 3.14. The molecule has 0 radical (unpaired) electrons. The van der Waals surface area contributed by atoms with Crippen molar-refractivity contribution < 1.29 is 14.2 Å². The van der Waals surface area contributed by atoms with E-state index in [1.165, 1.54) is 0 Å². The highest BCUT2D eigenvalue weighted by Crippen LogP contribution is 2.27. The molecule has 0 saturated carbocycles. The van der Waals surface area contributed by atoms with Crippen LogP contribution in [0.4, 0.5) is 5.69 Å². The average molecular weight is 390 g/mol. The van der Waals surface area contributed by atoms with E-state index in [1.807, 2.05) is 31.2 Å². The standard InChI is InChI=1S/C20H24ClN3O3/c1-13-3-4-14(19(9-13)27-16-7-8-26-12-16)11-23-20(22)24-15-5-6-18(25-2)17(21)10-15/h3-6,9-10,16H,7-8,11-12H2,1-2H3,(H3,22,23,24). The van der Waals surface area contributed by atoms with Crippen LogP contribution < -0.4 is 20.5 Å². The first kappa shape index (κ1) is 19.3. The molecule has 3 N–H and O–H groups in total. The van der Waals surface area contributed by atoms with Crippen molar-refractivity contribution in [3.63, 3.8) is 0 Å². The van der Waals surface area contributed by atoms with Gasteiger partial charge in [-0.3, -0.25) is 0 Å². The Labute approximate surface area is 164 Å². The van der Waals surface area contributed by atoms with E-state index in [2.05, 4.69) is 10.3 Å². The molecule has 1 atom stereocenters. The summed E-state index contributed by atoms with van der Waals surface area (Å²) in [5, 5.41) is 3.54. The second-order valence-corrected chi connectivity index (χ2v) is 6.80. The van der Waals surface area contributed by atoms with Crippen LogP contribution in [0.3, 0.4) is 0 Å². The van der Waals surface area contributed by atoms with Gasteiger partial charge in [0.15, 0.2) is 5.96 Å². The third-order valence-electron chi connectivity index (χ3n) is 4.25. The van der Waals surface area contributed by atoms with Crippen molar-refractivity contribution in [2.24, 2.45) is 10.7 Å². The maximum absolute atomic E-state index is 6.13. The predicted octanol–water partition coefficient (Wildman–Crippen LogP) is 3.75.